The van der Waals surface area contributed by atoms with Crippen molar-refractivity contribution in [3.63, 3.8) is 0 Å². The number of hydrogen-bond donors (Lipinski definition) is 2. The summed E-state index contributed by atoms with van der Waals surface area (Å²) in [6.45, 7) is 1.60. The number of carbonyl (C=O) groups excluding carboxylic acids is 1. The molecular weight excluding hydrogens is 306 g/mol. The first-order chi connectivity index (χ1) is 9.40. The van der Waals surface area contributed by atoms with Crippen LogP contribution in [0.15, 0.2) is 12.3 Å². The Kier molecular flexibility index (Phi) is 6.18. The summed E-state index contributed by atoms with van der Waals surface area (Å²) in [5, 5.41) is 22.4. The van der Waals surface area contributed by atoms with Crippen LogP contribution in [0.4, 0.5) is 5.69 Å². The van der Waals surface area contributed by atoms with Gasteiger partial charge >= 0.3 is 0 Å². The molecule has 1 aromatic rings. The number of nitrogens with zero attached hydrogens (tertiary/aromatic N) is 2. The minimum absolute atomic E-state index is 0.00280. The number of hydrogen-bond acceptors (Lipinski definition) is 6. The summed E-state index contributed by atoms with van der Waals surface area (Å²) < 4.78 is 0. The average molecular weight is 320 g/mol. The zero-order valence-electron chi connectivity index (χ0n) is 10.9. The molecule has 7 nitrogen and oxygen atoms in total. The Bertz CT molecular complexity index is 510. The maximum Gasteiger partial charge on any atom is 0.300 e. The summed E-state index contributed by atoms with van der Waals surface area (Å²) in [7, 11) is 0. The van der Waals surface area contributed by atoms with E-state index in [1.807, 2.05) is 0 Å². The highest BCUT2D eigenvalue weighted by Gasteiger charge is 2.24. The van der Waals surface area contributed by atoms with E-state index in [1.165, 1.54) is 11.8 Å². The second kappa shape index (κ2) is 7.41. The SMILES string of the molecule is CSC(CO)C(C)NC(=O)c1cc(Cl)ncc1[N+](=O)[O-]. The molecule has 0 fully saturated rings. The van der Waals surface area contributed by atoms with E-state index in [4.69, 9.17) is 16.7 Å². The average Bonchev–Trinajstić information content (AvgIpc) is 2.39. The molecule has 110 valence electrons. The topological polar surface area (TPSA) is 105 Å². The van der Waals surface area contributed by atoms with Crippen molar-refractivity contribution in [2.75, 3.05) is 12.9 Å². The van der Waals surface area contributed by atoms with E-state index >= 15 is 0 Å². The lowest BCUT2D eigenvalue weighted by Crippen LogP contribution is -2.41. The van der Waals surface area contributed by atoms with Gasteiger partial charge in [-0.2, -0.15) is 11.8 Å². The van der Waals surface area contributed by atoms with Crippen molar-refractivity contribution in [1.29, 1.82) is 0 Å². The third-order valence-corrected chi connectivity index (χ3v) is 4.06. The maximum absolute atomic E-state index is 12.1. The van der Waals surface area contributed by atoms with Crippen LogP contribution in [0.25, 0.3) is 0 Å². The van der Waals surface area contributed by atoms with Gasteiger partial charge in [0, 0.05) is 11.3 Å². The summed E-state index contributed by atoms with van der Waals surface area (Å²) in [4.78, 5) is 25.8. The minimum atomic E-state index is -0.693. The summed E-state index contributed by atoms with van der Waals surface area (Å²) in [5.41, 5.74) is -0.566. The normalized spacial score (nSPS) is 13.6. The Labute approximate surface area is 124 Å². The van der Waals surface area contributed by atoms with Crippen molar-refractivity contribution in [3.05, 3.63) is 33.1 Å². The summed E-state index contributed by atoms with van der Waals surface area (Å²) >= 11 is 7.05. The van der Waals surface area contributed by atoms with Gasteiger partial charge < -0.3 is 10.4 Å². The highest BCUT2D eigenvalue weighted by Crippen LogP contribution is 2.21. The molecule has 1 rings (SSSR count). The van der Waals surface area contributed by atoms with E-state index in [1.54, 1.807) is 13.2 Å². The number of carbonyl (C=O) groups is 1. The summed E-state index contributed by atoms with van der Waals surface area (Å²) in [6, 6.07) is 0.795. The number of halogens is 1. The quantitative estimate of drug-likeness (QED) is 0.467. The van der Waals surface area contributed by atoms with Gasteiger partial charge in [-0.15, -0.1) is 0 Å². The van der Waals surface area contributed by atoms with E-state index in [2.05, 4.69) is 10.3 Å². The van der Waals surface area contributed by atoms with Gasteiger partial charge in [-0.1, -0.05) is 11.6 Å². The second-order valence-electron chi connectivity index (χ2n) is 4.00. The molecule has 20 heavy (non-hydrogen) atoms. The number of nitrogens with one attached hydrogen (secondary N) is 1. The van der Waals surface area contributed by atoms with Crippen LogP contribution in [0, 0.1) is 10.1 Å². The molecule has 2 N–H and O–H groups in total. The fourth-order valence-corrected chi connectivity index (χ4v) is 2.35. The van der Waals surface area contributed by atoms with Crippen LogP contribution in [0.5, 0.6) is 0 Å². The zero-order valence-corrected chi connectivity index (χ0v) is 12.4. The van der Waals surface area contributed by atoms with Gasteiger partial charge in [0.2, 0.25) is 0 Å². The van der Waals surface area contributed by atoms with Gasteiger partial charge in [-0.25, -0.2) is 4.98 Å². The van der Waals surface area contributed by atoms with Crippen LogP contribution in [0.1, 0.15) is 17.3 Å². The standard InChI is InChI=1S/C11H14ClN3O4S/c1-6(9(5-16)20-2)14-11(17)7-3-10(12)13-4-8(7)15(18)19/h3-4,6,9,16H,5H2,1-2H3,(H,14,17). The summed E-state index contributed by atoms with van der Waals surface area (Å²) in [5.74, 6) is -0.624. The molecule has 0 radical (unpaired) electrons. The number of aromatic nitrogens is 1. The Morgan fingerprint density at radius 2 is 2.35 bits per heavy atom. The van der Waals surface area contributed by atoms with E-state index in [9.17, 15) is 14.9 Å². The molecule has 0 aliphatic heterocycles. The smallest absolute Gasteiger partial charge is 0.300 e. The zero-order chi connectivity index (χ0) is 15.3. The summed E-state index contributed by atoms with van der Waals surface area (Å²) in [6.07, 6.45) is 2.75. The predicted molar refractivity (Wildman–Crippen MR) is 77.2 cm³/mol. The van der Waals surface area contributed by atoms with Crippen molar-refractivity contribution in [2.45, 2.75) is 18.2 Å². The van der Waals surface area contributed by atoms with Crippen LogP contribution in [-0.4, -0.2) is 45.1 Å². The van der Waals surface area contributed by atoms with Crippen LogP contribution < -0.4 is 5.32 Å². The van der Waals surface area contributed by atoms with E-state index in [-0.39, 0.29) is 28.6 Å². The molecule has 0 bridgehead atoms. The molecule has 2 atom stereocenters. The molecule has 0 saturated carbocycles. The first kappa shape index (κ1) is 16.7. The fourth-order valence-electron chi connectivity index (χ4n) is 1.56. The van der Waals surface area contributed by atoms with Gasteiger partial charge in [0.05, 0.1) is 11.5 Å². The number of aliphatic hydroxyl groups excluding tert-OH is 1. The lowest BCUT2D eigenvalue weighted by molar-refractivity contribution is -0.385. The third-order valence-electron chi connectivity index (χ3n) is 2.69. The van der Waals surface area contributed by atoms with Gasteiger partial charge in [0.25, 0.3) is 11.6 Å². The third kappa shape index (κ3) is 4.06. The molecule has 2 unspecified atom stereocenters. The monoisotopic (exact) mass is 319 g/mol. The van der Waals surface area contributed by atoms with Crippen molar-refractivity contribution in [1.82, 2.24) is 10.3 Å². The number of thioether (sulfide) groups is 1. The molecule has 1 amide bonds. The Balaban J connectivity index is 2.97. The predicted octanol–water partition coefficient (Wildman–Crippen LogP) is 1.49. The fraction of sp³-hybridized carbons (Fsp3) is 0.455. The molecule has 0 aliphatic rings. The molecule has 0 aromatic carbocycles. The molecule has 0 aliphatic carbocycles. The number of rotatable bonds is 6. The number of amides is 1. The van der Waals surface area contributed by atoms with Crippen LogP contribution in [0.3, 0.4) is 0 Å². The Morgan fingerprint density at radius 3 is 2.85 bits per heavy atom. The lowest BCUT2D eigenvalue weighted by Gasteiger charge is -2.21. The first-order valence-corrected chi connectivity index (χ1v) is 7.31. The number of aliphatic hydroxyl groups is 1. The Hall–Kier alpha value is -1.38. The van der Waals surface area contributed by atoms with E-state index < -0.39 is 16.5 Å². The minimum Gasteiger partial charge on any atom is -0.395 e. The van der Waals surface area contributed by atoms with E-state index in [0.29, 0.717) is 0 Å². The highest BCUT2D eigenvalue weighted by molar-refractivity contribution is 7.99. The largest absolute Gasteiger partial charge is 0.395 e. The van der Waals surface area contributed by atoms with Gasteiger partial charge in [0.1, 0.15) is 16.9 Å². The van der Waals surface area contributed by atoms with Crippen molar-refractivity contribution < 1.29 is 14.8 Å². The van der Waals surface area contributed by atoms with Gasteiger partial charge in [-0.3, -0.25) is 14.9 Å². The molecule has 0 saturated heterocycles. The highest BCUT2D eigenvalue weighted by atomic mass is 35.5. The van der Waals surface area contributed by atoms with Crippen LogP contribution in [-0.2, 0) is 0 Å². The van der Waals surface area contributed by atoms with E-state index in [0.717, 1.165) is 12.3 Å². The molecule has 1 heterocycles. The molecule has 9 heteroatoms. The molecule has 0 spiro atoms. The molecular formula is C11H14ClN3O4S. The van der Waals surface area contributed by atoms with Crippen molar-refractivity contribution >= 4 is 35.0 Å². The lowest BCUT2D eigenvalue weighted by atomic mass is 10.2. The van der Waals surface area contributed by atoms with Crippen LogP contribution >= 0.6 is 23.4 Å². The Morgan fingerprint density at radius 1 is 1.70 bits per heavy atom. The van der Waals surface area contributed by atoms with Crippen molar-refractivity contribution in [3.8, 4) is 0 Å². The van der Waals surface area contributed by atoms with Crippen molar-refractivity contribution in [2.24, 2.45) is 0 Å². The van der Waals surface area contributed by atoms with Gasteiger partial charge in [-0.05, 0) is 19.2 Å². The molecule has 1 aromatic heterocycles. The second-order valence-corrected chi connectivity index (χ2v) is 5.46. The first-order valence-electron chi connectivity index (χ1n) is 5.65. The number of pyridine rings is 1. The van der Waals surface area contributed by atoms with Crippen LogP contribution in [0.2, 0.25) is 5.15 Å². The number of nitro groups is 1. The van der Waals surface area contributed by atoms with Gasteiger partial charge in [0.15, 0.2) is 0 Å². The maximum atomic E-state index is 12.1.